The predicted octanol–water partition coefficient (Wildman–Crippen LogP) is 2.83. The van der Waals surface area contributed by atoms with Gasteiger partial charge in [0.2, 0.25) is 0 Å². The van der Waals surface area contributed by atoms with Crippen molar-refractivity contribution in [2.45, 2.75) is 32.7 Å². The molecule has 1 saturated heterocycles. The van der Waals surface area contributed by atoms with Gasteiger partial charge in [-0.25, -0.2) is 9.18 Å². The van der Waals surface area contributed by atoms with Crippen molar-refractivity contribution in [2.75, 3.05) is 13.2 Å². The lowest BCUT2D eigenvalue weighted by Crippen LogP contribution is -2.20. The van der Waals surface area contributed by atoms with Crippen molar-refractivity contribution in [2.24, 2.45) is 0 Å². The van der Waals surface area contributed by atoms with Gasteiger partial charge in [0.1, 0.15) is 11.9 Å². The molecule has 2 rings (SSSR count). The van der Waals surface area contributed by atoms with Crippen LogP contribution in [-0.4, -0.2) is 25.0 Å². The summed E-state index contributed by atoms with van der Waals surface area (Å²) in [6.07, 6.45) is -0.510. The fourth-order valence-electron chi connectivity index (χ4n) is 2.01. The molecule has 0 unspecified atom stereocenters. The summed E-state index contributed by atoms with van der Waals surface area (Å²) >= 11 is 0. The molecule has 19 heavy (non-hydrogen) atoms. The van der Waals surface area contributed by atoms with Gasteiger partial charge in [-0.05, 0) is 26.8 Å². The van der Waals surface area contributed by atoms with Crippen LogP contribution in [0, 0.1) is 5.82 Å². The Hall–Kier alpha value is -1.46. The second-order valence-electron chi connectivity index (χ2n) is 4.75. The maximum absolute atomic E-state index is 14.3. The van der Waals surface area contributed by atoms with Crippen LogP contribution in [0.25, 0.3) is 0 Å². The van der Waals surface area contributed by atoms with E-state index < -0.39 is 23.7 Å². The van der Waals surface area contributed by atoms with Crippen LogP contribution in [0.2, 0.25) is 0 Å². The fraction of sp³-hybridized carbons (Fsp3) is 0.500. The van der Waals surface area contributed by atoms with Gasteiger partial charge in [-0.1, -0.05) is 12.1 Å². The Balaban J connectivity index is 2.28. The first-order valence-corrected chi connectivity index (χ1v) is 6.22. The molecule has 1 atom stereocenters. The van der Waals surface area contributed by atoms with Crippen molar-refractivity contribution in [1.82, 2.24) is 0 Å². The second-order valence-corrected chi connectivity index (χ2v) is 4.75. The van der Waals surface area contributed by atoms with Gasteiger partial charge < -0.3 is 14.2 Å². The number of hydrogen-bond donors (Lipinski definition) is 0. The van der Waals surface area contributed by atoms with E-state index >= 15 is 0 Å². The van der Waals surface area contributed by atoms with Crippen molar-refractivity contribution in [3.8, 4) is 0 Å². The minimum absolute atomic E-state index is 0.0762. The van der Waals surface area contributed by atoms with Gasteiger partial charge in [0.05, 0.1) is 18.8 Å². The molecule has 0 amide bonds. The Morgan fingerprint density at radius 2 is 2.26 bits per heavy atom. The Morgan fingerprint density at radius 1 is 1.53 bits per heavy atom. The third-order valence-electron chi connectivity index (χ3n) is 2.88. The number of benzene rings is 1. The van der Waals surface area contributed by atoms with Crippen molar-refractivity contribution in [1.29, 1.82) is 0 Å². The van der Waals surface area contributed by atoms with Gasteiger partial charge in [-0.15, -0.1) is 0 Å². The summed E-state index contributed by atoms with van der Waals surface area (Å²) < 4.78 is 30.1. The van der Waals surface area contributed by atoms with E-state index in [1.165, 1.54) is 6.07 Å². The summed E-state index contributed by atoms with van der Waals surface area (Å²) in [7, 11) is 0. The molecular weight excluding hydrogens is 251 g/mol. The third kappa shape index (κ3) is 2.93. The van der Waals surface area contributed by atoms with E-state index in [1.807, 2.05) is 0 Å². The predicted molar refractivity (Wildman–Crippen MR) is 66.2 cm³/mol. The molecule has 5 heteroatoms. The molecule has 0 N–H and O–H groups in total. The average Bonchev–Trinajstić information content (AvgIpc) is 2.70. The Labute approximate surface area is 111 Å². The summed E-state index contributed by atoms with van der Waals surface area (Å²) in [5.74, 6) is -2.01. The molecule has 1 fully saturated rings. The molecule has 104 valence electrons. The zero-order valence-corrected chi connectivity index (χ0v) is 11.2. The lowest BCUT2D eigenvalue weighted by Gasteiger charge is -2.17. The highest BCUT2D eigenvalue weighted by Gasteiger charge is 2.35. The maximum atomic E-state index is 14.3. The number of carbonyl (C=O) groups is 1. The van der Waals surface area contributed by atoms with Crippen LogP contribution in [-0.2, 0) is 14.2 Å². The van der Waals surface area contributed by atoms with Crippen LogP contribution in [0.5, 0.6) is 0 Å². The van der Waals surface area contributed by atoms with E-state index in [9.17, 15) is 9.18 Å². The van der Waals surface area contributed by atoms with E-state index in [-0.39, 0.29) is 18.8 Å². The summed E-state index contributed by atoms with van der Waals surface area (Å²) in [5.41, 5.74) is 0.240. The van der Waals surface area contributed by atoms with E-state index in [1.54, 1.807) is 32.9 Å². The largest absolute Gasteiger partial charge is 0.462 e. The average molecular weight is 268 g/mol. The Bertz CT molecular complexity index is 484. The van der Waals surface area contributed by atoms with Gasteiger partial charge in [0.15, 0.2) is 5.79 Å². The summed E-state index contributed by atoms with van der Waals surface area (Å²) in [6, 6.07) is 4.60. The van der Waals surface area contributed by atoms with Crippen molar-refractivity contribution >= 4 is 5.97 Å². The van der Waals surface area contributed by atoms with Crippen LogP contribution in [0.4, 0.5) is 4.39 Å². The quantitative estimate of drug-likeness (QED) is 0.791. The molecule has 0 radical (unpaired) electrons. The molecule has 0 saturated carbocycles. The van der Waals surface area contributed by atoms with Gasteiger partial charge >= 0.3 is 5.97 Å². The van der Waals surface area contributed by atoms with Crippen LogP contribution < -0.4 is 0 Å². The maximum Gasteiger partial charge on any atom is 0.341 e. The molecule has 1 aliphatic rings. The molecule has 1 aromatic carbocycles. The van der Waals surface area contributed by atoms with Crippen LogP contribution >= 0.6 is 0 Å². The number of esters is 1. The fourth-order valence-corrected chi connectivity index (χ4v) is 2.01. The number of ether oxygens (including phenoxy) is 3. The molecule has 1 heterocycles. The van der Waals surface area contributed by atoms with Crippen molar-refractivity contribution in [3.05, 3.63) is 35.1 Å². The lowest BCUT2D eigenvalue weighted by molar-refractivity contribution is -0.139. The minimum atomic E-state index is -0.739. The minimum Gasteiger partial charge on any atom is -0.462 e. The Morgan fingerprint density at radius 3 is 2.84 bits per heavy atom. The molecule has 0 aliphatic carbocycles. The number of rotatable bonds is 3. The first kappa shape index (κ1) is 14.0. The molecule has 4 nitrogen and oxygen atoms in total. The summed E-state index contributed by atoms with van der Waals surface area (Å²) in [4.78, 5) is 11.6. The highest BCUT2D eigenvalue weighted by atomic mass is 19.1. The summed E-state index contributed by atoms with van der Waals surface area (Å²) in [6.45, 7) is 5.67. The molecule has 1 aliphatic heterocycles. The van der Waals surface area contributed by atoms with Gasteiger partial charge in [0.25, 0.3) is 0 Å². The van der Waals surface area contributed by atoms with Crippen LogP contribution in [0.1, 0.15) is 42.8 Å². The normalized spacial score (nSPS) is 21.4. The topological polar surface area (TPSA) is 44.8 Å². The Kier molecular flexibility index (Phi) is 3.87. The first-order chi connectivity index (χ1) is 8.94. The van der Waals surface area contributed by atoms with E-state index in [0.29, 0.717) is 5.56 Å². The number of carbonyl (C=O) groups excluding carboxylic acids is 1. The second kappa shape index (κ2) is 5.27. The van der Waals surface area contributed by atoms with E-state index in [4.69, 9.17) is 14.2 Å². The van der Waals surface area contributed by atoms with E-state index in [2.05, 4.69) is 0 Å². The number of halogens is 1. The van der Waals surface area contributed by atoms with Crippen molar-refractivity contribution in [3.63, 3.8) is 0 Å². The van der Waals surface area contributed by atoms with Gasteiger partial charge in [-0.3, -0.25) is 0 Å². The molecule has 0 aromatic heterocycles. The molecule has 0 spiro atoms. The number of hydrogen-bond acceptors (Lipinski definition) is 4. The van der Waals surface area contributed by atoms with Gasteiger partial charge in [0, 0.05) is 5.56 Å². The SMILES string of the molecule is CCOC(=O)c1cccc([C@@H]2COC(C)(C)O2)c1F. The monoisotopic (exact) mass is 268 g/mol. The zero-order chi connectivity index (χ0) is 14.0. The molecule has 1 aromatic rings. The van der Waals surface area contributed by atoms with Gasteiger partial charge in [-0.2, -0.15) is 0 Å². The third-order valence-corrected chi connectivity index (χ3v) is 2.88. The summed E-state index contributed by atoms with van der Waals surface area (Å²) in [5, 5.41) is 0. The highest BCUT2D eigenvalue weighted by molar-refractivity contribution is 5.90. The molecule has 0 bridgehead atoms. The molecular formula is C14H17FO4. The standard InChI is InChI=1S/C14H17FO4/c1-4-17-13(16)10-7-5-6-9(12(10)15)11-8-18-14(2,3)19-11/h5-7,11H,4,8H2,1-3H3/t11-/m0/s1. The zero-order valence-electron chi connectivity index (χ0n) is 11.2. The lowest BCUT2D eigenvalue weighted by atomic mass is 10.1. The van der Waals surface area contributed by atoms with E-state index in [0.717, 1.165) is 0 Å². The highest BCUT2D eigenvalue weighted by Crippen LogP contribution is 2.34. The van der Waals surface area contributed by atoms with Crippen LogP contribution in [0.15, 0.2) is 18.2 Å². The van der Waals surface area contributed by atoms with Crippen LogP contribution in [0.3, 0.4) is 0 Å². The smallest absolute Gasteiger partial charge is 0.341 e. The van der Waals surface area contributed by atoms with Crippen molar-refractivity contribution < 1.29 is 23.4 Å². The first-order valence-electron chi connectivity index (χ1n) is 6.22.